The van der Waals surface area contributed by atoms with Gasteiger partial charge in [0.05, 0.1) is 6.04 Å². The number of aliphatic carboxylic acids is 1. The lowest BCUT2D eigenvalue weighted by molar-refractivity contribution is -0.140. The number of hydrogen-bond donors (Lipinski definition) is 2. The number of carbonyl (C=O) groups excluding carboxylic acids is 1. The van der Waals surface area contributed by atoms with Crippen LogP contribution in [0.5, 0.6) is 0 Å². The zero-order valence-corrected chi connectivity index (χ0v) is 11.7. The van der Waals surface area contributed by atoms with Crippen LogP contribution in [-0.4, -0.2) is 29.1 Å². The van der Waals surface area contributed by atoms with Crippen LogP contribution < -0.4 is 10.6 Å². The van der Waals surface area contributed by atoms with Crippen molar-refractivity contribution >= 4 is 17.6 Å². The number of amides is 1. The summed E-state index contributed by atoms with van der Waals surface area (Å²) in [6.45, 7) is 3.97. The van der Waals surface area contributed by atoms with Gasteiger partial charge >= 0.3 is 5.97 Å². The molecule has 1 unspecified atom stereocenters. The molecule has 1 heterocycles. The number of hydrogen-bond acceptors (Lipinski definition) is 3. The molecule has 3 N–H and O–H groups in total. The summed E-state index contributed by atoms with van der Waals surface area (Å²) in [5, 5.41) is 9.33. The second-order valence-corrected chi connectivity index (χ2v) is 5.63. The lowest BCUT2D eigenvalue weighted by atomic mass is 10.0. The molecule has 1 aromatic carbocycles. The predicted octanol–water partition coefficient (Wildman–Crippen LogP) is 1.40. The summed E-state index contributed by atoms with van der Waals surface area (Å²) < 4.78 is 0. The summed E-state index contributed by atoms with van der Waals surface area (Å²) in [6, 6.07) is 5.77. The van der Waals surface area contributed by atoms with E-state index in [9.17, 15) is 14.7 Å². The third kappa shape index (κ3) is 2.67. The smallest absolute Gasteiger partial charge is 0.327 e. The molecule has 1 aliphatic heterocycles. The highest BCUT2D eigenvalue weighted by Gasteiger charge is 2.39. The van der Waals surface area contributed by atoms with Gasteiger partial charge in [-0.3, -0.25) is 9.69 Å². The largest absolute Gasteiger partial charge is 0.480 e. The Morgan fingerprint density at radius 1 is 1.40 bits per heavy atom. The highest BCUT2D eigenvalue weighted by molar-refractivity contribution is 6.04. The molecule has 5 heteroatoms. The number of para-hydroxylation sites is 1. The van der Waals surface area contributed by atoms with E-state index in [-0.39, 0.29) is 11.8 Å². The molecule has 0 radical (unpaired) electrons. The molecule has 5 nitrogen and oxygen atoms in total. The molecule has 0 spiro atoms. The minimum absolute atomic E-state index is 0.287. The number of carboxylic acids is 1. The van der Waals surface area contributed by atoms with Crippen molar-refractivity contribution in [2.24, 2.45) is 11.7 Å². The Hall–Kier alpha value is -1.88. The average molecular weight is 276 g/mol. The zero-order valence-electron chi connectivity index (χ0n) is 11.7. The summed E-state index contributed by atoms with van der Waals surface area (Å²) in [6.07, 6.45) is 0.884. The van der Waals surface area contributed by atoms with Gasteiger partial charge in [-0.1, -0.05) is 32.0 Å². The minimum atomic E-state index is -0.994. The third-order valence-electron chi connectivity index (χ3n) is 3.54. The number of nitrogens with two attached hydrogens (primary N) is 1. The Kier molecular flexibility index (Phi) is 4.09. The number of anilines is 1. The van der Waals surface area contributed by atoms with Gasteiger partial charge in [0.25, 0.3) is 0 Å². The van der Waals surface area contributed by atoms with E-state index >= 15 is 0 Å². The molecule has 0 fully saturated rings. The van der Waals surface area contributed by atoms with Gasteiger partial charge in [-0.05, 0) is 24.0 Å². The van der Waals surface area contributed by atoms with Crippen molar-refractivity contribution in [3.8, 4) is 0 Å². The van der Waals surface area contributed by atoms with E-state index in [4.69, 9.17) is 5.73 Å². The summed E-state index contributed by atoms with van der Waals surface area (Å²) in [7, 11) is 0. The maximum Gasteiger partial charge on any atom is 0.327 e. The second kappa shape index (κ2) is 5.63. The number of nitrogens with zero attached hydrogens (tertiary/aromatic N) is 1. The Bertz CT molecular complexity index is 528. The second-order valence-electron chi connectivity index (χ2n) is 5.63. The van der Waals surface area contributed by atoms with E-state index in [0.29, 0.717) is 18.5 Å². The molecule has 108 valence electrons. The van der Waals surface area contributed by atoms with Gasteiger partial charge in [0, 0.05) is 12.1 Å². The normalized spacial score (nSPS) is 19.0. The van der Waals surface area contributed by atoms with Gasteiger partial charge in [-0.2, -0.15) is 0 Å². The molecule has 0 saturated carbocycles. The molecule has 1 amide bonds. The first-order chi connectivity index (χ1) is 9.41. The Morgan fingerprint density at radius 3 is 2.65 bits per heavy atom. The average Bonchev–Trinajstić information content (AvgIpc) is 2.76. The number of carbonyl (C=O) groups is 2. The summed E-state index contributed by atoms with van der Waals surface area (Å²) in [4.78, 5) is 25.2. The van der Waals surface area contributed by atoms with Gasteiger partial charge in [-0.25, -0.2) is 4.79 Å². The zero-order chi connectivity index (χ0) is 14.9. The Morgan fingerprint density at radius 2 is 2.05 bits per heavy atom. The lowest BCUT2D eigenvalue weighted by Crippen LogP contribution is -2.50. The van der Waals surface area contributed by atoms with Crippen LogP contribution in [0, 0.1) is 5.92 Å². The first-order valence-corrected chi connectivity index (χ1v) is 6.81. The van der Waals surface area contributed by atoms with Gasteiger partial charge in [0.2, 0.25) is 5.91 Å². The van der Waals surface area contributed by atoms with Crippen molar-refractivity contribution in [1.82, 2.24) is 0 Å². The van der Waals surface area contributed by atoms with Crippen molar-refractivity contribution in [3.05, 3.63) is 29.8 Å². The molecule has 20 heavy (non-hydrogen) atoms. The molecule has 0 bridgehead atoms. The number of rotatable bonds is 4. The van der Waals surface area contributed by atoms with E-state index in [2.05, 4.69) is 0 Å². The van der Waals surface area contributed by atoms with Crippen LogP contribution in [0.3, 0.4) is 0 Å². The van der Waals surface area contributed by atoms with Crippen LogP contribution in [0.15, 0.2) is 24.3 Å². The van der Waals surface area contributed by atoms with Gasteiger partial charge in [0.1, 0.15) is 6.04 Å². The molecular formula is C15H20N2O3. The quantitative estimate of drug-likeness (QED) is 0.870. The van der Waals surface area contributed by atoms with E-state index < -0.39 is 18.1 Å². The van der Waals surface area contributed by atoms with Gasteiger partial charge < -0.3 is 10.8 Å². The lowest BCUT2D eigenvalue weighted by Gasteiger charge is -2.26. The number of carboxylic acid groups (broad SMARTS) is 1. The molecule has 2 rings (SSSR count). The maximum atomic E-state index is 12.5. The summed E-state index contributed by atoms with van der Waals surface area (Å²) in [5.74, 6) is -1.02. The van der Waals surface area contributed by atoms with Crippen LogP contribution in [0.4, 0.5) is 5.69 Å². The first-order valence-electron chi connectivity index (χ1n) is 6.81. The van der Waals surface area contributed by atoms with Crippen LogP contribution in [0.25, 0.3) is 0 Å². The van der Waals surface area contributed by atoms with Crippen molar-refractivity contribution in [1.29, 1.82) is 0 Å². The van der Waals surface area contributed by atoms with Crippen LogP contribution in [0.2, 0.25) is 0 Å². The topological polar surface area (TPSA) is 83.6 Å². The van der Waals surface area contributed by atoms with Crippen molar-refractivity contribution < 1.29 is 14.7 Å². The maximum absolute atomic E-state index is 12.5. The molecule has 1 aromatic rings. The van der Waals surface area contributed by atoms with E-state index in [1.54, 1.807) is 12.1 Å². The summed E-state index contributed by atoms with van der Waals surface area (Å²) in [5.41, 5.74) is 7.48. The molecule has 0 saturated heterocycles. The standard InChI is InChI=1S/C15H20N2O3/c1-9(2)7-11(16)14(18)17-12-6-4-3-5-10(12)8-13(17)15(19)20/h3-6,9,11,13H,7-8,16H2,1-2H3,(H,19,20)/t11-,13?/m0/s1. The number of fused-ring (bicyclic) bond motifs is 1. The van der Waals surface area contributed by atoms with Crippen molar-refractivity contribution in [3.63, 3.8) is 0 Å². The highest BCUT2D eigenvalue weighted by atomic mass is 16.4. The minimum Gasteiger partial charge on any atom is -0.480 e. The van der Waals surface area contributed by atoms with Gasteiger partial charge in [-0.15, -0.1) is 0 Å². The predicted molar refractivity (Wildman–Crippen MR) is 76.5 cm³/mol. The van der Waals surface area contributed by atoms with E-state index in [1.165, 1.54) is 4.90 Å². The fourth-order valence-electron chi connectivity index (χ4n) is 2.64. The molecule has 0 aliphatic carbocycles. The SMILES string of the molecule is CC(C)C[C@H](N)C(=O)N1c2ccccc2CC1C(=O)O. The van der Waals surface area contributed by atoms with Crippen molar-refractivity contribution in [2.75, 3.05) is 4.90 Å². The highest BCUT2D eigenvalue weighted by Crippen LogP contribution is 2.32. The first kappa shape index (κ1) is 14.5. The Labute approximate surface area is 118 Å². The molecule has 2 atom stereocenters. The van der Waals surface area contributed by atoms with Crippen LogP contribution in [-0.2, 0) is 16.0 Å². The fraction of sp³-hybridized carbons (Fsp3) is 0.467. The molecule has 1 aliphatic rings. The summed E-state index contributed by atoms with van der Waals surface area (Å²) >= 11 is 0. The van der Waals surface area contributed by atoms with E-state index in [1.807, 2.05) is 26.0 Å². The van der Waals surface area contributed by atoms with Gasteiger partial charge in [0.15, 0.2) is 0 Å². The monoisotopic (exact) mass is 276 g/mol. The van der Waals surface area contributed by atoms with Crippen LogP contribution in [0.1, 0.15) is 25.8 Å². The number of benzene rings is 1. The third-order valence-corrected chi connectivity index (χ3v) is 3.54. The molecular weight excluding hydrogens is 256 g/mol. The van der Waals surface area contributed by atoms with Crippen molar-refractivity contribution in [2.45, 2.75) is 38.8 Å². The molecule has 0 aromatic heterocycles. The Balaban J connectivity index is 2.31. The van der Waals surface area contributed by atoms with Crippen LogP contribution >= 0.6 is 0 Å². The van der Waals surface area contributed by atoms with E-state index in [0.717, 1.165) is 5.56 Å². The fourth-order valence-corrected chi connectivity index (χ4v) is 2.64.